The van der Waals surface area contributed by atoms with Gasteiger partial charge in [0.2, 0.25) is 0 Å². The van der Waals surface area contributed by atoms with E-state index in [1.165, 1.54) is 0 Å². The fourth-order valence-electron chi connectivity index (χ4n) is 2.25. The van der Waals surface area contributed by atoms with Gasteiger partial charge in [-0.2, -0.15) is 22.6 Å². The van der Waals surface area contributed by atoms with E-state index in [0.717, 1.165) is 35.6 Å². The minimum atomic E-state index is -2.32. The molecule has 1 aromatic rings. The molecule has 1 aromatic carbocycles. The van der Waals surface area contributed by atoms with Crippen molar-refractivity contribution in [1.82, 2.24) is 0 Å². The largest absolute Gasteiger partial charge is 1.00 e. The summed E-state index contributed by atoms with van der Waals surface area (Å²) >= 11 is 0. The number of benzene rings is 1. The second-order valence-corrected chi connectivity index (χ2v) is 13.8. The molecule has 0 aliphatic carbocycles. The van der Waals surface area contributed by atoms with E-state index in [-0.39, 0.29) is 37.7 Å². The van der Waals surface area contributed by atoms with Gasteiger partial charge in [0.25, 0.3) is 0 Å². The Kier molecular flexibility index (Phi) is 8.71. The Morgan fingerprint density at radius 2 is 2.05 bits per heavy atom. The van der Waals surface area contributed by atoms with Gasteiger partial charge in [0, 0.05) is 8.07 Å². The average Bonchev–Trinajstić information content (AvgIpc) is 2.32. The van der Waals surface area contributed by atoms with Crippen LogP contribution in [0, 0.1) is 11.3 Å². The van der Waals surface area contributed by atoms with Crippen LogP contribution in [0.4, 0.5) is 0 Å². The fourth-order valence-corrected chi connectivity index (χ4v) is 7.62. The average molecular weight is 293 g/mol. The predicted molar refractivity (Wildman–Crippen MR) is 79.6 cm³/mol. The predicted octanol–water partition coefficient (Wildman–Crippen LogP) is -2.01. The molecule has 0 saturated carbocycles. The van der Waals surface area contributed by atoms with Gasteiger partial charge in [0.1, 0.15) is 0 Å². The van der Waals surface area contributed by atoms with Gasteiger partial charge in [0.05, 0.1) is 6.54 Å². The zero-order valence-corrected chi connectivity index (χ0v) is 15.2. The molecule has 20 heavy (non-hydrogen) atoms. The molecule has 1 aliphatic heterocycles. The van der Waals surface area contributed by atoms with E-state index < -0.39 is 18.2 Å². The molecule has 2 rings (SSSR count). The molecular formula is C14H21Li2NOSSi. The van der Waals surface area contributed by atoms with E-state index >= 15 is 0 Å². The van der Waals surface area contributed by atoms with Gasteiger partial charge in [-0.1, -0.05) is 26.1 Å². The molecule has 0 aromatic heterocycles. The Hall–Kier alpha value is 0.742. The third-order valence-electron chi connectivity index (χ3n) is 2.98. The summed E-state index contributed by atoms with van der Waals surface area (Å²) in [6.45, 7) is 7.69. The monoisotopic (exact) mass is 293 g/mol. The van der Waals surface area contributed by atoms with E-state index in [1.54, 1.807) is 0 Å². The summed E-state index contributed by atoms with van der Waals surface area (Å²) in [6, 6.07) is 11.7. The third-order valence-corrected chi connectivity index (χ3v) is 7.26. The number of hydrogen-bond acceptors (Lipinski definition) is 2. The first-order valence-corrected chi connectivity index (χ1v) is 11.7. The molecule has 6 heteroatoms. The van der Waals surface area contributed by atoms with Crippen LogP contribution >= 0.6 is 0 Å². The summed E-state index contributed by atoms with van der Waals surface area (Å²) in [5, 5.41) is 1.16. The molecule has 0 spiro atoms. The van der Waals surface area contributed by atoms with Crippen molar-refractivity contribution in [2.24, 2.45) is 4.36 Å². The summed E-state index contributed by atoms with van der Waals surface area (Å²) < 4.78 is 17.7. The molecule has 0 N–H and O–H groups in total. The number of rotatable bonds is 3. The van der Waals surface area contributed by atoms with Gasteiger partial charge in [-0.05, 0) is 4.90 Å². The van der Waals surface area contributed by atoms with Crippen molar-refractivity contribution >= 4 is 18.2 Å². The van der Waals surface area contributed by atoms with E-state index in [1.807, 2.05) is 24.3 Å². The van der Waals surface area contributed by atoms with Crippen molar-refractivity contribution < 1.29 is 42.3 Å². The number of hydrogen-bond donors (Lipinski definition) is 0. The van der Waals surface area contributed by atoms with E-state index in [9.17, 15) is 4.55 Å². The van der Waals surface area contributed by atoms with Crippen molar-refractivity contribution in [3.63, 3.8) is 0 Å². The maximum atomic E-state index is 13.2. The maximum Gasteiger partial charge on any atom is 1.00 e. The molecule has 0 radical (unpaired) electrons. The van der Waals surface area contributed by atoms with Crippen LogP contribution < -0.4 is 37.7 Å². The first-order chi connectivity index (χ1) is 8.42. The van der Waals surface area contributed by atoms with Gasteiger partial charge in [-0.15, -0.1) is 29.8 Å². The first-order valence-electron chi connectivity index (χ1n) is 6.46. The minimum Gasteiger partial charge on any atom is -0.652 e. The second-order valence-electron chi connectivity index (χ2n) is 5.99. The van der Waals surface area contributed by atoms with E-state index in [0.29, 0.717) is 0 Å². The van der Waals surface area contributed by atoms with E-state index in [4.69, 9.17) is 0 Å². The second kappa shape index (κ2) is 8.39. The van der Waals surface area contributed by atoms with Crippen LogP contribution in [0.3, 0.4) is 0 Å². The van der Waals surface area contributed by atoms with Crippen LogP contribution in [-0.2, 0) is 10.1 Å². The number of nitrogens with zero attached hydrogens (tertiary/aromatic N) is 1. The molecule has 0 bridgehead atoms. The Balaban J connectivity index is 0.00000180. The van der Waals surface area contributed by atoms with Crippen molar-refractivity contribution in [3.8, 4) is 0 Å². The van der Waals surface area contributed by atoms with Crippen LogP contribution in [0.5, 0.6) is 0 Å². The third kappa shape index (κ3) is 5.18. The summed E-state index contributed by atoms with van der Waals surface area (Å²) in [5.74, 6) is 0. The molecule has 0 fully saturated rings. The van der Waals surface area contributed by atoms with Gasteiger partial charge in [0.15, 0.2) is 0 Å². The van der Waals surface area contributed by atoms with Crippen LogP contribution in [0.2, 0.25) is 25.7 Å². The standard InChI is InChI=1S/C14H21NOSSi.2Li/c1-18(2,3)12-14-10-7-11-15-17(14,16)13-8-5-4-6-9-13;;/h4-6,8H,7,10-12H2,1-3H3;;/q-2;2*+1. The van der Waals surface area contributed by atoms with Crippen molar-refractivity contribution in [2.75, 3.05) is 6.54 Å². The van der Waals surface area contributed by atoms with Gasteiger partial charge < -0.3 is 4.55 Å². The van der Waals surface area contributed by atoms with E-state index in [2.05, 4.69) is 30.1 Å². The topological polar surface area (TPSA) is 35.4 Å². The Labute approximate surface area is 149 Å². The van der Waals surface area contributed by atoms with Gasteiger partial charge in [-0.25, -0.2) is 10.1 Å². The Morgan fingerprint density at radius 3 is 2.60 bits per heavy atom. The van der Waals surface area contributed by atoms with Crippen LogP contribution in [0.1, 0.15) is 12.8 Å². The molecule has 1 atom stereocenters. The quantitative estimate of drug-likeness (QED) is 0.360. The van der Waals surface area contributed by atoms with Crippen molar-refractivity contribution in [2.45, 2.75) is 43.4 Å². The zero-order chi connectivity index (χ0) is 13.2. The van der Waals surface area contributed by atoms with Crippen molar-refractivity contribution in [3.05, 3.63) is 35.6 Å². The van der Waals surface area contributed by atoms with Gasteiger partial charge in [-0.3, -0.25) is 0 Å². The SMILES string of the molecule is C[Si](C)(C)C[C-]1CCCN=[S+]1([O-])c1[c-]cccc1.[Li+].[Li+]. The molecule has 1 aliphatic rings. The maximum absolute atomic E-state index is 13.2. The Morgan fingerprint density at radius 1 is 1.35 bits per heavy atom. The van der Waals surface area contributed by atoms with Gasteiger partial charge >= 0.3 is 37.7 Å². The van der Waals surface area contributed by atoms with Crippen LogP contribution in [0.25, 0.3) is 0 Å². The van der Waals surface area contributed by atoms with Crippen molar-refractivity contribution in [1.29, 1.82) is 0 Å². The molecular weight excluding hydrogens is 272 g/mol. The normalized spacial score (nSPS) is 23.2. The summed E-state index contributed by atoms with van der Waals surface area (Å²) in [7, 11) is -3.58. The molecule has 100 valence electrons. The fraction of sp³-hybridized carbons (Fsp3) is 0.500. The van der Waals surface area contributed by atoms with Crippen LogP contribution in [0.15, 0.2) is 33.5 Å². The summed E-state index contributed by atoms with van der Waals surface area (Å²) in [5.41, 5.74) is 0. The minimum absolute atomic E-state index is 0. The zero-order valence-electron chi connectivity index (χ0n) is 13.4. The smallest absolute Gasteiger partial charge is 0.652 e. The van der Waals surface area contributed by atoms with Crippen LogP contribution in [-0.4, -0.2) is 19.2 Å². The molecule has 0 saturated heterocycles. The molecule has 1 heterocycles. The molecule has 1 unspecified atom stereocenters. The molecule has 0 amide bonds. The molecule has 2 nitrogen and oxygen atoms in total. The summed E-state index contributed by atoms with van der Waals surface area (Å²) in [6.07, 6.45) is 2.01. The Bertz CT molecular complexity index is 462. The first kappa shape index (κ1) is 20.7. The summed E-state index contributed by atoms with van der Waals surface area (Å²) in [4.78, 5) is 0.776.